The Hall–Kier alpha value is -3.56. The third-order valence-electron chi connectivity index (χ3n) is 6.88. The molecule has 1 aromatic rings. The van der Waals surface area contributed by atoms with Crippen molar-refractivity contribution in [3.63, 3.8) is 0 Å². The van der Waals surface area contributed by atoms with E-state index in [0.29, 0.717) is 17.3 Å². The molecule has 1 aromatic heterocycles. The molecular weight excluding hydrogens is 464 g/mol. The third kappa shape index (κ3) is 5.17. The summed E-state index contributed by atoms with van der Waals surface area (Å²) in [6.07, 6.45) is 5.96. The minimum Gasteiger partial charge on any atom is -0.405 e. The van der Waals surface area contributed by atoms with Crippen molar-refractivity contribution in [3.05, 3.63) is 52.9 Å². The largest absolute Gasteiger partial charge is 0.405 e. The average Bonchev–Trinajstić information content (AvgIpc) is 3.73. The summed E-state index contributed by atoms with van der Waals surface area (Å²) in [5.41, 5.74) is 14.7. The van der Waals surface area contributed by atoms with Crippen LogP contribution >= 0.6 is 0 Å². The lowest BCUT2D eigenvalue weighted by molar-refractivity contribution is -0.119. The molecule has 192 valence electrons. The molecule has 0 saturated heterocycles. The Labute approximate surface area is 209 Å². The van der Waals surface area contributed by atoms with E-state index in [2.05, 4.69) is 20.6 Å². The molecule has 8 nitrogen and oxygen atoms in total. The van der Waals surface area contributed by atoms with E-state index >= 15 is 0 Å². The van der Waals surface area contributed by atoms with Crippen LogP contribution in [0.4, 0.5) is 14.6 Å². The van der Waals surface area contributed by atoms with E-state index < -0.39 is 24.7 Å². The highest BCUT2D eigenvalue weighted by molar-refractivity contribution is 6.21. The van der Waals surface area contributed by atoms with Crippen LogP contribution in [-0.2, 0) is 4.79 Å². The number of anilines is 1. The van der Waals surface area contributed by atoms with E-state index in [1.165, 1.54) is 30.8 Å². The zero-order valence-corrected chi connectivity index (χ0v) is 20.7. The van der Waals surface area contributed by atoms with Crippen LogP contribution in [0.1, 0.15) is 45.6 Å². The number of hydrogen-bond donors (Lipinski definition) is 5. The molecule has 10 heteroatoms. The third-order valence-corrected chi connectivity index (χ3v) is 6.88. The van der Waals surface area contributed by atoms with Gasteiger partial charge in [-0.2, -0.15) is 4.39 Å². The second-order valence-electron chi connectivity index (χ2n) is 9.83. The van der Waals surface area contributed by atoms with Gasteiger partial charge < -0.3 is 27.5 Å². The van der Waals surface area contributed by atoms with Gasteiger partial charge in [0.05, 0.1) is 17.5 Å². The maximum Gasteiger partial charge on any atom is 0.248 e. The van der Waals surface area contributed by atoms with E-state index in [1.807, 2.05) is 0 Å². The van der Waals surface area contributed by atoms with Crippen LogP contribution in [0, 0.1) is 29.1 Å². The maximum atomic E-state index is 14.9. The number of pyridine rings is 1. The fourth-order valence-electron chi connectivity index (χ4n) is 5.13. The Morgan fingerprint density at radius 2 is 2.11 bits per heavy atom. The summed E-state index contributed by atoms with van der Waals surface area (Å²) in [5, 5.41) is 14.0. The number of halogens is 2. The van der Waals surface area contributed by atoms with Crippen LogP contribution in [0.25, 0.3) is 5.57 Å². The van der Waals surface area contributed by atoms with Crippen molar-refractivity contribution in [2.75, 3.05) is 12.0 Å². The van der Waals surface area contributed by atoms with Gasteiger partial charge in [-0.3, -0.25) is 9.79 Å². The number of rotatable bonds is 9. The minimum atomic E-state index is -0.817. The minimum absolute atomic E-state index is 0.0724. The molecule has 1 aliphatic heterocycles. The number of nitrogens with two attached hydrogens (primary N) is 2. The first kappa shape index (κ1) is 25.5. The van der Waals surface area contributed by atoms with Crippen LogP contribution in [-0.4, -0.2) is 41.1 Å². The Balaban J connectivity index is 1.59. The standard InChI is InChI=1S/C26H33F2N7O/c1-12(11-27)32-19(8-9-29)23-18-10-17(18)22(15-4-5-15)24(35-23)26(36)34-20-7-6-16(25(28)33-20)21(13(2)30)14(3)31/h6-9,12,15,17,22,24,30,35H,4-5,10-11,29,31H2,1-3H3,(H,33,34,36)/t12?,17?,22?,24-/m0/s1. The highest BCUT2D eigenvalue weighted by Gasteiger charge is 2.55. The number of alkyl halides is 1. The number of nitrogens with one attached hydrogen (secondary N) is 3. The summed E-state index contributed by atoms with van der Waals surface area (Å²) in [6.45, 7) is 4.19. The molecule has 2 heterocycles. The van der Waals surface area contributed by atoms with Crippen LogP contribution in [0.3, 0.4) is 0 Å². The van der Waals surface area contributed by atoms with Crippen molar-refractivity contribution in [2.24, 2.45) is 34.2 Å². The molecule has 0 bridgehead atoms. The Bertz CT molecular complexity index is 1190. The van der Waals surface area contributed by atoms with Gasteiger partial charge in [-0.1, -0.05) is 0 Å². The molecule has 2 aliphatic carbocycles. The topological polar surface area (TPSA) is 142 Å². The number of aromatic nitrogens is 1. The van der Waals surface area contributed by atoms with Gasteiger partial charge in [0.2, 0.25) is 11.9 Å². The number of amides is 1. The number of fused-ring (bicyclic) bond motifs is 1. The SMILES string of the molecule is CC(=N)C(=C(C)N)c1ccc(NC(=O)[C@H]2NC(C(C=CN)=NC(C)CF)=C3CC3C2C2CC2)nc1F. The first-order valence-corrected chi connectivity index (χ1v) is 12.2. The van der Waals surface area contributed by atoms with Crippen LogP contribution in [0.15, 0.2) is 46.4 Å². The molecule has 2 saturated carbocycles. The van der Waals surface area contributed by atoms with Gasteiger partial charge >= 0.3 is 0 Å². The van der Waals surface area contributed by atoms with Crippen LogP contribution in [0.2, 0.25) is 0 Å². The molecule has 7 N–H and O–H groups in total. The highest BCUT2D eigenvalue weighted by atomic mass is 19.1. The molecule has 4 atom stereocenters. The molecule has 3 aliphatic rings. The number of nitrogens with zero attached hydrogens (tertiary/aromatic N) is 2. The van der Waals surface area contributed by atoms with Gasteiger partial charge in [-0.05, 0) is 87.8 Å². The number of carbonyl (C=O) groups is 1. The van der Waals surface area contributed by atoms with E-state index in [-0.39, 0.29) is 40.4 Å². The Morgan fingerprint density at radius 3 is 2.67 bits per heavy atom. The van der Waals surface area contributed by atoms with Crippen molar-refractivity contribution in [1.82, 2.24) is 10.3 Å². The molecule has 0 radical (unpaired) electrons. The Kier molecular flexibility index (Phi) is 7.23. The first-order chi connectivity index (χ1) is 17.2. The van der Waals surface area contributed by atoms with E-state index in [4.69, 9.17) is 16.9 Å². The lowest BCUT2D eigenvalue weighted by atomic mass is 9.85. The number of aliphatic imine (C=N–C) groups is 1. The predicted molar refractivity (Wildman–Crippen MR) is 137 cm³/mol. The zero-order valence-electron chi connectivity index (χ0n) is 20.7. The molecule has 0 aromatic carbocycles. The van der Waals surface area contributed by atoms with Crippen LogP contribution < -0.4 is 22.1 Å². The molecule has 4 rings (SSSR count). The number of allylic oxidation sites excluding steroid dienone is 4. The highest BCUT2D eigenvalue weighted by Crippen LogP contribution is 2.57. The normalized spacial score (nSPS) is 25.1. The molecule has 2 fully saturated rings. The Morgan fingerprint density at radius 1 is 1.39 bits per heavy atom. The van der Waals surface area contributed by atoms with E-state index in [0.717, 1.165) is 25.0 Å². The van der Waals surface area contributed by atoms with Crippen molar-refractivity contribution in [2.45, 2.75) is 52.1 Å². The van der Waals surface area contributed by atoms with Gasteiger partial charge in [0.15, 0.2) is 0 Å². The zero-order chi connectivity index (χ0) is 26.1. The van der Waals surface area contributed by atoms with Crippen molar-refractivity contribution in [1.29, 1.82) is 5.41 Å². The van der Waals surface area contributed by atoms with Gasteiger partial charge in [0.25, 0.3) is 0 Å². The molecular formula is C26H33F2N7O. The van der Waals surface area contributed by atoms with Gasteiger partial charge in [-0.15, -0.1) is 0 Å². The van der Waals surface area contributed by atoms with Crippen molar-refractivity contribution in [3.8, 4) is 0 Å². The number of hydrogen-bond acceptors (Lipinski definition) is 7. The lowest BCUT2D eigenvalue weighted by Crippen LogP contribution is -2.50. The quantitative estimate of drug-likeness (QED) is 0.262. The number of carbonyl (C=O) groups excluding carboxylic acids is 1. The average molecular weight is 498 g/mol. The summed E-state index contributed by atoms with van der Waals surface area (Å²) >= 11 is 0. The van der Waals surface area contributed by atoms with Gasteiger partial charge in [0, 0.05) is 22.5 Å². The smallest absolute Gasteiger partial charge is 0.248 e. The lowest BCUT2D eigenvalue weighted by Gasteiger charge is -2.32. The monoisotopic (exact) mass is 497 g/mol. The fraction of sp³-hybridized carbons (Fsp3) is 0.462. The summed E-state index contributed by atoms with van der Waals surface area (Å²) in [7, 11) is 0. The second-order valence-corrected chi connectivity index (χ2v) is 9.83. The summed E-state index contributed by atoms with van der Waals surface area (Å²) in [5.74, 6) is -0.256. The summed E-state index contributed by atoms with van der Waals surface area (Å²) < 4.78 is 28.0. The summed E-state index contributed by atoms with van der Waals surface area (Å²) in [6, 6.07) is 1.86. The van der Waals surface area contributed by atoms with Crippen molar-refractivity contribution >= 4 is 28.7 Å². The summed E-state index contributed by atoms with van der Waals surface area (Å²) in [4.78, 5) is 21.8. The van der Waals surface area contributed by atoms with Crippen molar-refractivity contribution < 1.29 is 13.6 Å². The van der Waals surface area contributed by atoms with Crippen LogP contribution in [0.5, 0.6) is 0 Å². The predicted octanol–water partition coefficient (Wildman–Crippen LogP) is 3.43. The first-order valence-electron chi connectivity index (χ1n) is 12.2. The molecule has 0 spiro atoms. The van der Waals surface area contributed by atoms with E-state index in [9.17, 15) is 13.6 Å². The second kappa shape index (κ2) is 10.2. The molecule has 3 unspecified atom stereocenters. The molecule has 36 heavy (non-hydrogen) atoms. The van der Waals surface area contributed by atoms with E-state index in [1.54, 1.807) is 19.9 Å². The fourth-order valence-corrected chi connectivity index (χ4v) is 5.13. The van der Waals surface area contributed by atoms with Gasteiger partial charge in [-0.25, -0.2) is 9.37 Å². The molecule has 1 amide bonds. The van der Waals surface area contributed by atoms with Gasteiger partial charge in [0.1, 0.15) is 18.5 Å². The maximum absolute atomic E-state index is 14.9.